The second-order valence-electron chi connectivity index (χ2n) is 3.32. The monoisotopic (exact) mass is 286 g/mol. The molecule has 10 heteroatoms. The number of alkyl halides is 3. The Morgan fingerprint density at radius 1 is 1.26 bits per heavy atom. The molecule has 0 rings (SSSR count). The van der Waals surface area contributed by atoms with Crippen LogP contribution in [0.1, 0.15) is 20.8 Å². The molecule has 0 aliphatic heterocycles. The van der Waals surface area contributed by atoms with E-state index < -0.39 is 17.9 Å². The zero-order chi connectivity index (χ0) is 15.3. The van der Waals surface area contributed by atoms with Gasteiger partial charge in [-0.05, 0) is 20.8 Å². The number of rotatable bonds is 5. The van der Waals surface area contributed by atoms with Crippen molar-refractivity contribution < 1.29 is 37.9 Å². The molecule has 19 heavy (non-hydrogen) atoms. The Hall–Kier alpha value is -1.84. The molecular weight excluding hydrogens is 273 g/mol. The van der Waals surface area contributed by atoms with E-state index in [1.807, 2.05) is 0 Å². The Morgan fingerprint density at radius 3 is 2.16 bits per heavy atom. The van der Waals surface area contributed by atoms with Crippen LogP contribution in [-0.4, -0.2) is 46.3 Å². The number of esters is 1. The summed E-state index contributed by atoms with van der Waals surface area (Å²) in [5.74, 6) is -6.27. The minimum atomic E-state index is -5.45. The van der Waals surface area contributed by atoms with Crippen molar-refractivity contribution in [3.05, 3.63) is 0 Å². The first kappa shape index (κ1) is 17.2. The lowest BCUT2D eigenvalue weighted by molar-refractivity contribution is -0.353. The summed E-state index contributed by atoms with van der Waals surface area (Å²) in [6.07, 6.45) is -5.45. The standard InChI is InChI=1S/C9H13F3N2O5/c1-4-18-7(15)8(16,9(10,11)12)19-14-6(3)5(2)13-17/h16-17H,4H2,1-3H3/b13-5+,14-6+/t8-/m1/s1. The number of oxime groups is 2. The summed E-state index contributed by atoms with van der Waals surface area (Å²) in [6, 6.07) is 0. The van der Waals surface area contributed by atoms with E-state index in [2.05, 4.69) is 19.9 Å². The second-order valence-corrected chi connectivity index (χ2v) is 3.32. The first-order valence-electron chi connectivity index (χ1n) is 4.98. The number of ether oxygens (including phenoxy) is 1. The predicted molar refractivity (Wildman–Crippen MR) is 56.7 cm³/mol. The molecule has 0 saturated heterocycles. The van der Waals surface area contributed by atoms with Gasteiger partial charge in [-0.2, -0.15) is 13.2 Å². The van der Waals surface area contributed by atoms with Gasteiger partial charge in [-0.1, -0.05) is 10.3 Å². The molecule has 0 unspecified atom stereocenters. The summed E-state index contributed by atoms with van der Waals surface area (Å²) in [5, 5.41) is 23.1. The van der Waals surface area contributed by atoms with Crippen LogP contribution in [-0.2, 0) is 14.4 Å². The molecule has 7 nitrogen and oxygen atoms in total. The minimum Gasteiger partial charge on any atom is -0.461 e. The second kappa shape index (κ2) is 6.36. The molecule has 0 aliphatic carbocycles. The van der Waals surface area contributed by atoms with E-state index in [4.69, 9.17) is 5.21 Å². The molecule has 1 atom stereocenters. The van der Waals surface area contributed by atoms with E-state index in [0.29, 0.717) is 0 Å². The molecule has 0 spiro atoms. The maximum atomic E-state index is 12.6. The van der Waals surface area contributed by atoms with Gasteiger partial charge in [0, 0.05) is 0 Å². The van der Waals surface area contributed by atoms with Crippen molar-refractivity contribution in [2.45, 2.75) is 32.7 Å². The van der Waals surface area contributed by atoms with Crippen LogP contribution in [0.5, 0.6) is 0 Å². The van der Waals surface area contributed by atoms with E-state index in [1.54, 1.807) is 0 Å². The number of carbonyl (C=O) groups excluding carboxylic acids is 1. The first-order chi connectivity index (χ1) is 8.60. The van der Waals surface area contributed by atoms with Crippen LogP contribution >= 0.6 is 0 Å². The van der Waals surface area contributed by atoms with Crippen molar-refractivity contribution >= 4 is 17.4 Å². The number of carbonyl (C=O) groups is 1. The third-order valence-corrected chi connectivity index (χ3v) is 1.92. The van der Waals surface area contributed by atoms with Crippen LogP contribution in [0.15, 0.2) is 10.3 Å². The third kappa shape index (κ3) is 4.09. The average molecular weight is 286 g/mol. The van der Waals surface area contributed by atoms with Crippen LogP contribution in [0.25, 0.3) is 0 Å². The highest BCUT2D eigenvalue weighted by atomic mass is 19.4. The number of hydrogen-bond acceptors (Lipinski definition) is 7. The fourth-order valence-corrected chi connectivity index (χ4v) is 0.707. The van der Waals surface area contributed by atoms with Crippen molar-refractivity contribution in [2.75, 3.05) is 6.61 Å². The van der Waals surface area contributed by atoms with Gasteiger partial charge in [0.25, 0.3) is 0 Å². The SMILES string of the molecule is CCOC(=O)[C@@](O)(O/N=C(C)/C(C)=N/O)C(F)(F)F. The van der Waals surface area contributed by atoms with E-state index in [-0.39, 0.29) is 18.0 Å². The van der Waals surface area contributed by atoms with Crippen molar-refractivity contribution in [3.8, 4) is 0 Å². The number of hydrogen-bond donors (Lipinski definition) is 2. The third-order valence-electron chi connectivity index (χ3n) is 1.92. The molecule has 2 N–H and O–H groups in total. The highest BCUT2D eigenvalue weighted by Gasteiger charge is 2.65. The van der Waals surface area contributed by atoms with Gasteiger partial charge in [0.2, 0.25) is 0 Å². The van der Waals surface area contributed by atoms with Gasteiger partial charge in [-0.25, -0.2) is 4.79 Å². The van der Waals surface area contributed by atoms with Crippen LogP contribution in [0, 0.1) is 0 Å². The predicted octanol–water partition coefficient (Wildman–Crippen LogP) is 1.04. The van der Waals surface area contributed by atoms with Gasteiger partial charge in [0.05, 0.1) is 6.61 Å². The van der Waals surface area contributed by atoms with Crippen molar-refractivity contribution in [1.29, 1.82) is 0 Å². The Balaban J connectivity index is 5.27. The zero-order valence-electron chi connectivity index (χ0n) is 10.4. The largest absolute Gasteiger partial charge is 0.470 e. The number of aliphatic hydroxyl groups is 1. The van der Waals surface area contributed by atoms with Gasteiger partial charge in [-0.3, -0.25) is 0 Å². The van der Waals surface area contributed by atoms with Crippen LogP contribution in [0.4, 0.5) is 13.2 Å². The number of nitrogens with zero attached hydrogens (tertiary/aromatic N) is 2. The lowest BCUT2D eigenvalue weighted by Gasteiger charge is -2.25. The summed E-state index contributed by atoms with van der Waals surface area (Å²) in [4.78, 5) is 14.9. The smallest absolute Gasteiger partial charge is 0.461 e. The maximum absolute atomic E-state index is 12.6. The summed E-state index contributed by atoms with van der Waals surface area (Å²) in [7, 11) is 0. The molecule has 0 aromatic heterocycles. The molecule has 0 radical (unpaired) electrons. The Kier molecular flexibility index (Phi) is 5.75. The highest BCUT2D eigenvalue weighted by Crippen LogP contribution is 2.33. The summed E-state index contributed by atoms with van der Waals surface area (Å²) < 4.78 is 41.8. The van der Waals surface area contributed by atoms with Gasteiger partial charge < -0.3 is 19.9 Å². The van der Waals surface area contributed by atoms with Gasteiger partial charge in [0.1, 0.15) is 11.4 Å². The van der Waals surface area contributed by atoms with Crippen molar-refractivity contribution in [1.82, 2.24) is 0 Å². The van der Waals surface area contributed by atoms with E-state index in [0.717, 1.165) is 6.92 Å². The normalized spacial score (nSPS) is 16.8. The fourth-order valence-electron chi connectivity index (χ4n) is 0.707. The van der Waals surface area contributed by atoms with Crippen LogP contribution in [0.3, 0.4) is 0 Å². The van der Waals surface area contributed by atoms with Gasteiger partial charge in [0.15, 0.2) is 0 Å². The highest BCUT2D eigenvalue weighted by molar-refractivity contribution is 6.40. The van der Waals surface area contributed by atoms with E-state index >= 15 is 0 Å². The Bertz CT molecular complexity index is 394. The Morgan fingerprint density at radius 2 is 1.79 bits per heavy atom. The van der Waals surface area contributed by atoms with Gasteiger partial charge >= 0.3 is 17.9 Å². The molecule has 0 amide bonds. The Labute approximate surface area is 106 Å². The van der Waals surface area contributed by atoms with E-state index in [1.165, 1.54) is 13.8 Å². The summed E-state index contributed by atoms with van der Waals surface area (Å²) >= 11 is 0. The van der Waals surface area contributed by atoms with Crippen molar-refractivity contribution in [3.63, 3.8) is 0 Å². The lowest BCUT2D eigenvalue weighted by atomic mass is 10.3. The van der Waals surface area contributed by atoms with Crippen LogP contribution in [0.2, 0.25) is 0 Å². The topological polar surface area (TPSA) is 101 Å². The van der Waals surface area contributed by atoms with Crippen LogP contribution < -0.4 is 0 Å². The summed E-state index contributed by atoms with van der Waals surface area (Å²) in [6.45, 7) is 3.24. The molecule has 0 aliphatic rings. The van der Waals surface area contributed by atoms with Gasteiger partial charge in [-0.15, -0.1) is 0 Å². The minimum absolute atomic E-state index is 0.159. The first-order valence-corrected chi connectivity index (χ1v) is 4.98. The molecule has 0 bridgehead atoms. The summed E-state index contributed by atoms with van der Waals surface area (Å²) in [5.41, 5.74) is -0.428. The lowest BCUT2D eigenvalue weighted by Crippen LogP contribution is -2.54. The molecule has 0 heterocycles. The molecule has 0 aromatic rings. The molecule has 110 valence electrons. The maximum Gasteiger partial charge on any atom is 0.470 e. The van der Waals surface area contributed by atoms with Crippen molar-refractivity contribution in [2.24, 2.45) is 10.3 Å². The molecule has 0 aromatic carbocycles. The zero-order valence-corrected chi connectivity index (χ0v) is 10.4. The molecule has 0 fully saturated rings. The molecule has 0 saturated carbocycles. The average Bonchev–Trinajstić information content (AvgIpc) is 2.33. The quantitative estimate of drug-likeness (QED) is 0.258. The van der Waals surface area contributed by atoms with E-state index in [9.17, 15) is 23.1 Å². The molecular formula is C9H13F3N2O5. The fraction of sp³-hybridized carbons (Fsp3) is 0.667. The number of halogens is 3.